The van der Waals surface area contributed by atoms with E-state index in [1.807, 2.05) is 0 Å². The van der Waals surface area contributed by atoms with Crippen molar-refractivity contribution in [1.82, 2.24) is 0 Å². The SMILES string of the molecule is CC(C)(C)c1cc2c(OCC(=O)Nc3ccc4c(c3)OCCOCCOCCOCCO4)c(c1)Cc1cc(C(C)(C)C)cc(c1OCC(=O)Nc1ccc3c(c1)OCCOCCOCCOCCO3)Cc1cc(C(C)(C)C)cc(c1OCC(=O)Nc1ccc3c(c1)OCCOCCOCCOCCO3)Cc1cc(C(C)(C)C)cc(c1OCC(=O)Nc1ccc3c(c1)OCCOCCOCCOCCO3)C2. The van der Waals surface area contributed by atoms with Gasteiger partial charge < -0.3 is 135 Å². The topological polar surface area (TPSA) is 338 Å². The van der Waals surface area contributed by atoms with Gasteiger partial charge in [0.1, 0.15) is 75.9 Å². The average molecular weight is 1940 g/mol. The minimum Gasteiger partial charge on any atom is -0.487 e. The van der Waals surface area contributed by atoms with Crippen LogP contribution in [0.3, 0.4) is 0 Å². The number of carbonyl (C=O) groups is 4. The Morgan fingerprint density at radius 2 is 0.350 bits per heavy atom. The van der Waals surface area contributed by atoms with Gasteiger partial charge in [-0.1, -0.05) is 132 Å². The average Bonchev–Trinajstić information content (AvgIpc) is 0.757. The highest BCUT2D eigenvalue weighted by atomic mass is 16.6. The number of amides is 4. The predicted molar refractivity (Wildman–Crippen MR) is 528 cm³/mol. The summed E-state index contributed by atoms with van der Waals surface area (Å²) in [6.07, 6.45) is 0.382. The summed E-state index contributed by atoms with van der Waals surface area (Å²) in [7, 11) is 0. The van der Waals surface area contributed by atoms with Gasteiger partial charge in [0.05, 0.1) is 159 Å². The van der Waals surface area contributed by atoms with E-state index in [0.29, 0.717) is 268 Å². The Balaban J connectivity index is 0.958. The van der Waals surface area contributed by atoms with Crippen molar-refractivity contribution in [3.63, 3.8) is 0 Å². The normalized spacial score (nSPS) is 16.9. The number of hydrogen-bond donors (Lipinski definition) is 4. The molecule has 0 spiro atoms. The Morgan fingerprint density at radius 3 is 0.500 bits per heavy atom. The standard InChI is InChI=1S/C108H140N4O28/c1-105(2,3)81-57-73-53-75-59-82(106(4,5)6)61-77(102(75)138-70-98(114)110-86-14-18-90-94(66-86)134-50-42-126-34-26-118-22-30-122-38-46-130-90)55-79-63-84(108(10,11)12)64-80(104(79)140-72-100(116)112-88-16-20-92-96(68-88)136-52-44-128-36-28-120-24-32-124-40-48-132-92)56-78-62-83(107(7,8)9)60-76(103(78)139-71-99(115)111-87-15-19-91-95(67-87)135-51-43-127-35-27-119-23-31-123-39-47-131-91)54-74(58-81)101(73)137-69-97(113)109-85-13-17-89-93(65-85)133-49-41-125-33-25-117-21-29-121-37-45-129-89/h13-20,57-68H,21-56,69-72H2,1-12H3,(H,109,113)(H,110,114)(H,111,115)(H,112,116). The second kappa shape index (κ2) is 53.0. The monoisotopic (exact) mass is 1940 g/mol. The van der Waals surface area contributed by atoms with Crippen molar-refractivity contribution < 1.29 is 133 Å². The van der Waals surface area contributed by atoms with Gasteiger partial charge in [-0.3, -0.25) is 19.2 Å². The molecule has 0 aromatic heterocycles. The van der Waals surface area contributed by atoms with E-state index in [1.165, 1.54) is 0 Å². The molecule has 0 saturated heterocycles. The molecule has 4 N–H and O–H groups in total. The zero-order valence-electron chi connectivity index (χ0n) is 83.3. The number of fused-ring (bicyclic) bond motifs is 12. The summed E-state index contributed by atoms with van der Waals surface area (Å²) in [5.41, 5.74) is 8.49. The molecule has 5 aliphatic rings. The lowest BCUT2D eigenvalue weighted by molar-refractivity contribution is -0.118. The van der Waals surface area contributed by atoms with Gasteiger partial charge in [0.15, 0.2) is 72.4 Å². The number of hydrogen-bond acceptors (Lipinski definition) is 28. The molecule has 4 aliphatic heterocycles. The first-order chi connectivity index (χ1) is 67.6. The van der Waals surface area contributed by atoms with E-state index >= 15 is 19.2 Å². The molecule has 4 amide bonds. The summed E-state index contributed by atoms with van der Waals surface area (Å²) in [6.45, 7) is 33.9. The van der Waals surface area contributed by atoms with E-state index in [2.05, 4.69) is 153 Å². The molecule has 4 heterocycles. The lowest BCUT2D eigenvalue weighted by Gasteiger charge is -2.29. The Labute approximate surface area is 821 Å². The van der Waals surface area contributed by atoms with E-state index in [0.717, 1.165) is 22.3 Å². The van der Waals surface area contributed by atoms with Crippen LogP contribution in [0.5, 0.6) is 69.0 Å². The molecule has 8 aromatic carbocycles. The summed E-state index contributed by atoms with van der Waals surface area (Å²) >= 11 is 0. The zero-order chi connectivity index (χ0) is 98.7. The molecule has 140 heavy (non-hydrogen) atoms. The lowest BCUT2D eigenvalue weighted by atomic mass is 9.79. The van der Waals surface area contributed by atoms with Crippen molar-refractivity contribution in [2.45, 2.75) is 130 Å². The molecular formula is C108H140N4O28. The minimum atomic E-state index is -0.536. The van der Waals surface area contributed by atoms with Gasteiger partial charge in [-0.25, -0.2) is 0 Å². The molecule has 0 unspecified atom stereocenters. The van der Waals surface area contributed by atoms with Crippen LogP contribution >= 0.6 is 0 Å². The highest BCUT2D eigenvalue weighted by Crippen LogP contribution is 2.46. The third-order valence-corrected chi connectivity index (χ3v) is 23.1. The second-order valence-electron chi connectivity index (χ2n) is 38.3. The Bertz CT molecular complexity index is 4620. The summed E-state index contributed by atoms with van der Waals surface area (Å²) < 4.78 is 148. The first-order valence-corrected chi connectivity index (χ1v) is 48.5. The van der Waals surface area contributed by atoms with Crippen LogP contribution < -0.4 is 78.1 Å². The third kappa shape index (κ3) is 33.5. The smallest absolute Gasteiger partial charge is 0.262 e. The van der Waals surface area contributed by atoms with Crippen LogP contribution in [-0.4, -0.2) is 261 Å². The fourth-order valence-corrected chi connectivity index (χ4v) is 15.8. The van der Waals surface area contributed by atoms with Gasteiger partial charge in [0.2, 0.25) is 0 Å². The predicted octanol–water partition coefficient (Wildman–Crippen LogP) is 14.9. The van der Waals surface area contributed by atoms with Crippen LogP contribution in [0.4, 0.5) is 22.7 Å². The van der Waals surface area contributed by atoms with Crippen molar-refractivity contribution in [3.05, 3.63) is 188 Å². The van der Waals surface area contributed by atoms with E-state index < -0.39 is 71.7 Å². The van der Waals surface area contributed by atoms with Gasteiger partial charge in [0, 0.05) is 72.7 Å². The maximum atomic E-state index is 15.2. The molecule has 8 bridgehead atoms. The van der Waals surface area contributed by atoms with Crippen LogP contribution in [0.1, 0.15) is 150 Å². The molecule has 1 aliphatic carbocycles. The molecule has 8 aromatic rings. The van der Waals surface area contributed by atoms with Crippen molar-refractivity contribution in [2.75, 3.05) is 259 Å². The van der Waals surface area contributed by atoms with Gasteiger partial charge in [-0.05, 0) is 137 Å². The third-order valence-electron chi connectivity index (χ3n) is 23.1. The zero-order valence-corrected chi connectivity index (χ0v) is 83.3. The summed E-state index contributed by atoms with van der Waals surface area (Å²) in [5.74, 6) is 2.81. The van der Waals surface area contributed by atoms with Gasteiger partial charge in [-0.15, -0.1) is 0 Å². The van der Waals surface area contributed by atoms with Gasteiger partial charge in [-0.2, -0.15) is 0 Å². The molecule has 0 atom stereocenters. The molecule has 0 fully saturated rings. The molecule has 0 radical (unpaired) electrons. The quantitative estimate of drug-likeness (QED) is 0.0698. The maximum Gasteiger partial charge on any atom is 0.262 e. The number of nitrogens with one attached hydrogen (secondary N) is 4. The van der Waals surface area contributed by atoms with Gasteiger partial charge in [0.25, 0.3) is 23.6 Å². The van der Waals surface area contributed by atoms with Gasteiger partial charge >= 0.3 is 0 Å². The van der Waals surface area contributed by atoms with Crippen molar-refractivity contribution in [2.24, 2.45) is 0 Å². The first-order valence-electron chi connectivity index (χ1n) is 48.5. The number of carbonyl (C=O) groups excluding carboxylic acids is 4. The van der Waals surface area contributed by atoms with E-state index in [9.17, 15) is 0 Å². The summed E-state index contributed by atoms with van der Waals surface area (Å²) in [4.78, 5) is 60.7. The highest BCUT2D eigenvalue weighted by Gasteiger charge is 2.33. The molecular weight excluding hydrogens is 1800 g/mol. The number of rotatable bonds is 16. The Hall–Kier alpha value is -11.2. The number of ether oxygens (including phenoxy) is 24. The molecule has 760 valence electrons. The Morgan fingerprint density at radius 1 is 0.207 bits per heavy atom. The molecule has 0 saturated carbocycles. The second-order valence-corrected chi connectivity index (χ2v) is 38.3. The van der Waals surface area contributed by atoms with E-state index in [4.69, 9.17) is 114 Å². The van der Waals surface area contributed by atoms with Crippen LogP contribution in [-0.2, 0) is 123 Å². The van der Waals surface area contributed by atoms with Crippen LogP contribution in [0.25, 0.3) is 0 Å². The van der Waals surface area contributed by atoms with Crippen LogP contribution in [0, 0.1) is 0 Å². The highest BCUT2D eigenvalue weighted by molar-refractivity contribution is 5.94. The summed E-state index contributed by atoms with van der Waals surface area (Å²) in [6, 6.07) is 37.7. The number of anilines is 4. The number of benzene rings is 8. The fraction of sp³-hybridized carbons (Fsp3) is 0.519. The largest absolute Gasteiger partial charge is 0.487 e. The molecule has 13 rings (SSSR count). The lowest BCUT2D eigenvalue weighted by Crippen LogP contribution is -2.24. The maximum absolute atomic E-state index is 15.2. The van der Waals surface area contributed by atoms with Crippen LogP contribution in [0.15, 0.2) is 121 Å². The van der Waals surface area contributed by atoms with Crippen molar-refractivity contribution in [3.8, 4) is 69.0 Å². The van der Waals surface area contributed by atoms with E-state index in [-0.39, 0.29) is 105 Å². The molecule has 32 nitrogen and oxygen atoms in total. The van der Waals surface area contributed by atoms with Crippen molar-refractivity contribution in [1.29, 1.82) is 0 Å². The van der Waals surface area contributed by atoms with E-state index in [1.54, 1.807) is 72.8 Å². The minimum absolute atomic E-state index is 0.0954. The van der Waals surface area contributed by atoms with Crippen molar-refractivity contribution >= 4 is 46.4 Å². The van der Waals surface area contributed by atoms with Crippen LogP contribution in [0.2, 0.25) is 0 Å². The molecule has 32 heteroatoms. The summed E-state index contributed by atoms with van der Waals surface area (Å²) in [5, 5.41) is 12.4. The first kappa shape index (κ1) is 106. The Kier molecular flexibility index (Phi) is 40.2. The fourth-order valence-electron chi connectivity index (χ4n) is 15.8.